The Hall–Kier alpha value is -1.54. The monoisotopic (exact) mass is 277 g/mol. The zero-order valence-corrected chi connectivity index (χ0v) is 11.6. The average molecular weight is 278 g/mol. The van der Waals surface area contributed by atoms with E-state index in [1.165, 1.54) is 11.6 Å². The lowest BCUT2D eigenvalue weighted by Gasteiger charge is -2.13. The molecule has 2 aromatic carbocycles. The Labute approximate surface area is 118 Å². The second-order valence-corrected chi connectivity index (χ2v) is 5.06. The minimum Gasteiger partial charge on any atom is -0.385 e. The summed E-state index contributed by atoms with van der Waals surface area (Å²) in [5, 5.41) is 3.37. The zero-order chi connectivity index (χ0) is 13.7. The van der Waals surface area contributed by atoms with Gasteiger partial charge in [0.1, 0.15) is 5.82 Å². The van der Waals surface area contributed by atoms with Crippen molar-refractivity contribution in [3.05, 3.63) is 64.9 Å². The number of hydrogen-bond donors (Lipinski definition) is 1. The molecule has 3 heteroatoms. The van der Waals surface area contributed by atoms with Crippen molar-refractivity contribution in [1.29, 1.82) is 0 Å². The molecule has 0 aromatic heterocycles. The lowest BCUT2D eigenvalue weighted by atomic mass is 9.98. The molecule has 2 aromatic rings. The van der Waals surface area contributed by atoms with E-state index in [1.54, 1.807) is 12.1 Å². The van der Waals surface area contributed by atoms with Crippen molar-refractivity contribution in [2.75, 3.05) is 11.9 Å². The van der Waals surface area contributed by atoms with E-state index in [2.05, 4.69) is 24.4 Å². The third-order valence-electron chi connectivity index (χ3n) is 3.19. The summed E-state index contributed by atoms with van der Waals surface area (Å²) >= 11 is 5.64. The van der Waals surface area contributed by atoms with Crippen molar-refractivity contribution in [1.82, 2.24) is 0 Å². The van der Waals surface area contributed by atoms with E-state index in [1.807, 2.05) is 18.2 Å². The van der Waals surface area contributed by atoms with Crippen LogP contribution in [0.2, 0.25) is 5.02 Å². The highest BCUT2D eigenvalue weighted by atomic mass is 35.5. The molecule has 0 radical (unpaired) electrons. The quantitative estimate of drug-likeness (QED) is 0.803. The Morgan fingerprint density at radius 1 is 1.16 bits per heavy atom. The molecule has 0 amide bonds. The lowest BCUT2D eigenvalue weighted by molar-refractivity contribution is 0.628. The predicted molar refractivity (Wildman–Crippen MR) is 79.4 cm³/mol. The number of anilines is 1. The van der Waals surface area contributed by atoms with Crippen LogP contribution in [0, 0.1) is 5.82 Å². The topological polar surface area (TPSA) is 12.0 Å². The van der Waals surface area contributed by atoms with Crippen LogP contribution in [0.5, 0.6) is 0 Å². The van der Waals surface area contributed by atoms with Gasteiger partial charge in [-0.05, 0) is 36.1 Å². The van der Waals surface area contributed by atoms with Crippen molar-refractivity contribution in [2.24, 2.45) is 0 Å². The van der Waals surface area contributed by atoms with Gasteiger partial charge in [-0.15, -0.1) is 0 Å². The van der Waals surface area contributed by atoms with Gasteiger partial charge in [0.15, 0.2) is 0 Å². The second-order valence-electron chi connectivity index (χ2n) is 4.66. The normalized spacial score (nSPS) is 12.2. The highest BCUT2D eigenvalue weighted by Gasteiger charge is 2.05. The smallest absolute Gasteiger partial charge is 0.143 e. The molecular weight excluding hydrogens is 261 g/mol. The molecular formula is C16H17ClFN. The van der Waals surface area contributed by atoms with E-state index >= 15 is 0 Å². The second kappa shape index (κ2) is 6.58. The first kappa shape index (κ1) is 13.9. The Balaban J connectivity index is 1.85. The van der Waals surface area contributed by atoms with Crippen LogP contribution in [-0.4, -0.2) is 6.54 Å². The molecule has 1 N–H and O–H groups in total. The van der Waals surface area contributed by atoms with Crippen molar-refractivity contribution < 1.29 is 4.39 Å². The molecule has 0 saturated heterocycles. The fraction of sp³-hybridized carbons (Fsp3) is 0.250. The number of halogens is 2. The van der Waals surface area contributed by atoms with Crippen molar-refractivity contribution in [3.8, 4) is 0 Å². The van der Waals surface area contributed by atoms with Crippen LogP contribution >= 0.6 is 11.6 Å². The zero-order valence-electron chi connectivity index (χ0n) is 10.9. The predicted octanol–water partition coefficient (Wildman–Crippen LogP) is 5.08. The highest BCUT2D eigenvalue weighted by molar-refractivity contribution is 6.30. The Bertz CT molecular complexity index is 528. The molecule has 0 aliphatic carbocycles. The van der Waals surface area contributed by atoms with Crippen LogP contribution in [0.3, 0.4) is 0 Å². The van der Waals surface area contributed by atoms with Gasteiger partial charge in [-0.1, -0.05) is 48.9 Å². The molecule has 0 bridgehead atoms. The molecule has 19 heavy (non-hydrogen) atoms. The van der Waals surface area contributed by atoms with Gasteiger partial charge in [0.05, 0.1) is 5.02 Å². The Kier molecular flexibility index (Phi) is 4.80. The molecule has 1 unspecified atom stereocenters. The van der Waals surface area contributed by atoms with Crippen molar-refractivity contribution in [3.63, 3.8) is 0 Å². The largest absolute Gasteiger partial charge is 0.385 e. The number of hydrogen-bond acceptors (Lipinski definition) is 1. The van der Waals surface area contributed by atoms with Gasteiger partial charge in [-0.3, -0.25) is 0 Å². The summed E-state index contributed by atoms with van der Waals surface area (Å²) in [6, 6.07) is 15.2. The maximum atomic E-state index is 13.3. The van der Waals surface area contributed by atoms with Gasteiger partial charge in [0.25, 0.3) is 0 Å². The first-order valence-electron chi connectivity index (χ1n) is 6.40. The van der Waals surface area contributed by atoms with Crippen LogP contribution in [0.15, 0.2) is 48.5 Å². The minimum atomic E-state index is -0.386. The molecule has 0 aliphatic rings. The van der Waals surface area contributed by atoms with Gasteiger partial charge in [-0.2, -0.15) is 0 Å². The van der Waals surface area contributed by atoms with Crippen LogP contribution in [0.1, 0.15) is 24.8 Å². The average Bonchev–Trinajstić information content (AvgIpc) is 2.43. The van der Waals surface area contributed by atoms with E-state index in [0.29, 0.717) is 5.92 Å². The van der Waals surface area contributed by atoms with Gasteiger partial charge < -0.3 is 5.32 Å². The number of benzene rings is 2. The van der Waals surface area contributed by atoms with E-state index in [9.17, 15) is 4.39 Å². The summed E-state index contributed by atoms with van der Waals surface area (Å²) in [4.78, 5) is 0. The molecule has 0 saturated carbocycles. The summed E-state index contributed by atoms with van der Waals surface area (Å²) in [6.45, 7) is 3.00. The lowest BCUT2D eigenvalue weighted by Crippen LogP contribution is -2.06. The Morgan fingerprint density at radius 3 is 2.58 bits per heavy atom. The first-order valence-corrected chi connectivity index (χ1v) is 6.78. The molecule has 1 nitrogen and oxygen atoms in total. The SMILES string of the molecule is CC(CCNc1ccc(Cl)c(F)c1)c1ccccc1. The van der Waals surface area contributed by atoms with E-state index in [4.69, 9.17) is 11.6 Å². The molecule has 1 atom stereocenters. The fourth-order valence-corrected chi connectivity index (χ4v) is 2.10. The van der Waals surface area contributed by atoms with Crippen molar-refractivity contribution >= 4 is 17.3 Å². The maximum absolute atomic E-state index is 13.3. The highest BCUT2D eigenvalue weighted by Crippen LogP contribution is 2.21. The third kappa shape index (κ3) is 3.97. The van der Waals surface area contributed by atoms with Crippen LogP contribution < -0.4 is 5.32 Å². The summed E-state index contributed by atoms with van der Waals surface area (Å²) < 4.78 is 13.3. The molecule has 0 spiro atoms. The minimum absolute atomic E-state index is 0.156. The number of nitrogens with one attached hydrogen (secondary N) is 1. The summed E-state index contributed by atoms with van der Waals surface area (Å²) in [6.07, 6.45) is 0.994. The molecule has 0 fully saturated rings. The van der Waals surface area contributed by atoms with Crippen molar-refractivity contribution in [2.45, 2.75) is 19.3 Å². The maximum Gasteiger partial charge on any atom is 0.143 e. The van der Waals surface area contributed by atoms with E-state index in [-0.39, 0.29) is 10.8 Å². The van der Waals surface area contributed by atoms with E-state index < -0.39 is 0 Å². The van der Waals surface area contributed by atoms with E-state index in [0.717, 1.165) is 18.7 Å². The summed E-state index contributed by atoms with van der Waals surface area (Å²) in [7, 11) is 0. The fourth-order valence-electron chi connectivity index (χ4n) is 1.99. The van der Waals surface area contributed by atoms with Gasteiger partial charge in [0, 0.05) is 12.2 Å². The van der Waals surface area contributed by atoms with Crippen LogP contribution in [0.25, 0.3) is 0 Å². The van der Waals surface area contributed by atoms with Crippen LogP contribution in [-0.2, 0) is 0 Å². The Morgan fingerprint density at radius 2 is 1.89 bits per heavy atom. The summed E-state index contributed by atoms with van der Waals surface area (Å²) in [5.41, 5.74) is 2.09. The first-order chi connectivity index (χ1) is 9.16. The van der Waals surface area contributed by atoms with Gasteiger partial charge in [-0.25, -0.2) is 4.39 Å². The standard InChI is InChI=1S/C16H17ClFN/c1-12(13-5-3-2-4-6-13)9-10-19-14-7-8-15(17)16(18)11-14/h2-8,11-12,19H,9-10H2,1H3. The van der Waals surface area contributed by atoms with Gasteiger partial charge >= 0.3 is 0 Å². The third-order valence-corrected chi connectivity index (χ3v) is 3.50. The van der Waals surface area contributed by atoms with Crippen LogP contribution in [0.4, 0.5) is 10.1 Å². The molecule has 0 heterocycles. The molecule has 100 valence electrons. The molecule has 2 rings (SSSR count). The summed E-state index contributed by atoms with van der Waals surface area (Å²) in [5.74, 6) is 0.0913. The number of rotatable bonds is 5. The molecule has 0 aliphatic heterocycles. The van der Waals surface area contributed by atoms with Gasteiger partial charge in [0.2, 0.25) is 0 Å².